The Bertz CT molecular complexity index is 1180. The summed E-state index contributed by atoms with van der Waals surface area (Å²) in [7, 11) is 30.3. The van der Waals surface area contributed by atoms with E-state index >= 15 is 0 Å². The lowest BCUT2D eigenvalue weighted by Crippen LogP contribution is -2.42. The van der Waals surface area contributed by atoms with Gasteiger partial charge in [0.25, 0.3) is 0 Å². The van der Waals surface area contributed by atoms with Crippen molar-refractivity contribution in [2.45, 2.75) is 101 Å². The number of Topliss-reactive ketones (excluding diaryl/α,β-unsaturated/α-hetero) is 4. The van der Waals surface area contributed by atoms with E-state index in [2.05, 4.69) is 21.3 Å². The van der Waals surface area contributed by atoms with Crippen molar-refractivity contribution in [1.29, 1.82) is 0 Å². The molecule has 8 radical (unpaired) electrons. The molecular formula is C36H60B4N8O8. The number of hydrogen-bond donors (Lipinski definition) is 4. The number of nitrogens with zero attached hydrogens (tertiary/aromatic N) is 4. The second-order valence-electron chi connectivity index (χ2n) is 15.5. The first-order valence-corrected chi connectivity index (χ1v) is 18.9. The van der Waals surface area contributed by atoms with Crippen LogP contribution in [0.4, 0.5) is 0 Å². The molecule has 4 fully saturated rings. The minimum absolute atomic E-state index is 0.0386. The summed E-state index contributed by atoms with van der Waals surface area (Å²) >= 11 is 0. The molecule has 0 aromatic heterocycles. The van der Waals surface area contributed by atoms with E-state index in [4.69, 9.17) is 31.4 Å². The quantitative estimate of drug-likeness (QED) is 0.151. The molecule has 4 saturated heterocycles. The average Bonchev–Trinajstić information content (AvgIpc) is 3.84. The zero-order valence-electron chi connectivity index (χ0n) is 34.5. The number of likely N-dealkylation sites (tertiary alicyclic amines) is 4. The molecule has 16 nitrogen and oxygen atoms in total. The van der Waals surface area contributed by atoms with E-state index in [9.17, 15) is 38.4 Å². The van der Waals surface area contributed by atoms with Crippen molar-refractivity contribution in [3.05, 3.63) is 0 Å². The van der Waals surface area contributed by atoms with Gasteiger partial charge in [-0.3, -0.25) is 58.0 Å². The summed E-state index contributed by atoms with van der Waals surface area (Å²) in [5, 5.41) is 10.4. The van der Waals surface area contributed by atoms with Crippen LogP contribution in [0.15, 0.2) is 0 Å². The number of rotatable bonds is 12. The molecule has 0 unspecified atom stereocenters. The first kappa shape index (κ1) is 50.7. The standard InChI is InChI=1S/4C9H15BN2O2/c4*1-6(13)4-11-9(14)8-3-7(10)5-12(8)2/h4*7-8H,3-5H2,1-2H3,(H,11,14)/t4*7-,8-/m0000/s1. The van der Waals surface area contributed by atoms with Crippen LogP contribution in [-0.2, 0) is 38.4 Å². The maximum atomic E-state index is 11.5. The molecule has 304 valence electrons. The Kier molecular flexibility index (Phi) is 22.7. The summed E-state index contributed by atoms with van der Waals surface area (Å²) in [6, 6.07) is -0.706. The fourth-order valence-electron chi connectivity index (χ4n) is 6.70. The van der Waals surface area contributed by atoms with Crippen LogP contribution in [0.2, 0.25) is 23.3 Å². The van der Waals surface area contributed by atoms with Gasteiger partial charge in [0, 0.05) is 0 Å². The molecule has 8 atom stereocenters. The Morgan fingerprint density at radius 1 is 0.393 bits per heavy atom. The van der Waals surface area contributed by atoms with E-state index in [1.165, 1.54) is 27.7 Å². The Hall–Kier alpha value is -3.34. The van der Waals surface area contributed by atoms with Gasteiger partial charge in [-0.25, -0.2) is 0 Å². The van der Waals surface area contributed by atoms with Crippen molar-refractivity contribution < 1.29 is 38.4 Å². The second-order valence-corrected chi connectivity index (χ2v) is 15.5. The molecular weight excluding hydrogens is 716 g/mol. The number of amides is 4. The van der Waals surface area contributed by atoms with Crippen molar-refractivity contribution in [3.8, 4) is 0 Å². The fraction of sp³-hybridized carbons (Fsp3) is 0.778. The molecule has 0 saturated carbocycles. The van der Waals surface area contributed by atoms with Crippen LogP contribution in [0.25, 0.3) is 0 Å². The highest BCUT2D eigenvalue weighted by Gasteiger charge is 2.34. The van der Waals surface area contributed by atoms with Crippen molar-refractivity contribution in [1.82, 2.24) is 40.9 Å². The van der Waals surface area contributed by atoms with Crippen LogP contribution in [0, 0.1) is 0 Å². The molecule has 4 heterocycles. The molecule has 56 heavy (non-hydrogen) atoms. The van der Waals surface area contributed by atoms with Gasteiger partial charge >= 0.3 is 0 Å². The Morgan fingerprint density at radius 2 is 0.554 bits per heavy atom. The maximum absolute atomic E-state index is 11.5. The van der Waals surface area contributed by atoms with E-state index in [0.717, 1.165) is 26.2 Å². The second kappa shape index (κ2) is 25.1. The minimum Gasteiger partial charge on any atom is -0.348 e. The molecule has 0 aromatic carbocycles. The molecule has 4 rings (SSSR count). The number of carbonyl (C=O) groups excluding carboxylic acids is 8. The van der Waals surface area contributed by atoms with E-state index in [-0.39, 0.29) is 120 Å². The normalized spacial score (nSPS) is 27.6. The Morgan fingerprint density at radius 3 is 0.661 bits per heavy atom. The molecule has 20 heteroatoms. The monoisotopic (exact) mass is 776 g/mol. The number of hydrogen-bond acceptors (Lipinski definition) is 12. The summed E-state index contributed by atoms with van der Waals surface area (Å²) in [5.41, 5.74) is 0. The van der Waals surface area contributed by atoms with E-state index in [0.29, 0.717) is 25.7 Å². The largest absolute Gasteiger partial charge is 0.348 e. The minimum atomic E-state index is -0.177. The summed E-state index contributed by atoms with van der Waals surface area (Å²) in [4.78, 5) is 96.5. The highest BCUT2D eigenvalue weighted by molar-refractivity contribution is 6.13. The summed E-state index contributed by atoms with van der Waals surface area (Å²) in [6.07, 6.45) is 2.67. The highest BCUT2D eigenvalue weighted by Crippen LogP contribution is 2.25. The van der Waals surface area contributed by atoms with E-state index in [1.54, 1.807) is 0 Å². The first-order valence-electron chi connectivity index (χ1n) is 18.9. The highest BCUT2D eigenvalue weighted by atomic mass is 16.2. The van der Waals surface area contributed by atoms with Crippen LogP contribution in [0.5, 0.6) is 0 Å². The van der Waals surface area contributed by atoms with Gasteiger partial charge in [-0.15, -0.1) is 0 Å². The van der Waals surface area contributed by atoms with Gasteiger partial charge in [0.2, 0.25) is 23.6 Å². The van der Waals surface area contributed by atoms with Gasteiger partial charge in [-0.05, 0) is 108 Å². The predicted molar refractivity (Wildman–Crippen MR) is 217 cm³/mol. The lowest BCUT2D eigenvalue weighted by atomic mass is 9.85. The molecule has 4 aliphatic rings. The van der Waals surface area contributed by atoms with Gasteiger partial charge in [-0.2, -0.15) is 0 Å². The van der Waals surface area contributed by atoms with Crippen LogP contribution in [0.1, 0.15) is 53.4 Å². The van der Waals surface area contributed by atoms with Crippen molar-refractivity contribution in [2.75, 3.05) is 80.5 Å². The number of ketones is 4. The van der Waals surface area contributed by atoms with Gasteiger partial charge in [0.1, 0.15) is 23.1 Å². The fourth-order valence-corrected chi connectivity index (χ4v) is 6.70. The molecule has 4 aliphatic heterocycles. The van der Waals surface area contributed by atoms with Crippen LogP contribution in [0.3, 0.4) is 0 Å². The maximum Gasteiger partial charge on any atom is 0.237 e. The van der Waals surface area contributed by atoms with Gasteiger partial charge in [0.05, 0.1) is 81.7 Å². The average molecular weight is 776 g/mol. The summed E-state index contributed by atoms with van der Waals surface area (Å²) in [5.74, 6) is -0.307. The summed E-state index contributed by atoms with van der Waals surface area (Å²) < 4.78 is 0. The van der Waals surface area contributed by atoms with Crippen LogP contribution < -0.4 is 21.3 Å². The smallest absolute Gasteiger partial charge is 0.237 e. The molecule has 4 N–H and O–H groups in total. The van der Waals surface area contributed by atoms with Crippen molar-refractivity contribution in [3.63, 3.8) is 0 Å². The zero-order chi connectivity index (χ0) is 42.9. The first-order chi connectivity index (χ1) is 26.0. The van der Waals surface area contributed by atoms with Crippen LogP contribution >= 0.6 is 0 Å². The van der Waals surface area contributed by atoms with Crippen LogP contribution in [-0.4, -0.2) is 202 Å². The number of carbonyl (C=O) groups is 8. The van der Waals surface area contributed by atoms with Gasteiger partial charge in [0.15, 0.2) is 0 Å². The molecule has 0 aromatic rings. The molecule has 0 aliphatic carbocycles. The lowest BCUT2D eigenvalue weighted by Gasteiger charge is -2.18. The molecule has 0 spiro atoms. The lowest BCUT2D eigenvalue weighted by molar-refractivity contribution is -0.127. The summed E-state index contributed by atoms with van der Waals surface area (Å²) in [6.45, 7) is 9.17. The van der Waals surface area contributed by atoms with E-state index in [1.807, 2.05) is 47.8 Å². The van der Waals surface area contributed by atoms with Crippen molar-refractivity contribution in [2.24, 2.45) is 0 Å². The third kappa shape index (κ3) is 19.2. The number of likely N-dealkylation sites (N-methyl/N-ethyl adjacent to an activating group) is 4. The third-order valence-corrected chi connectivity index (χ3v) is 9.58. The molecule has 0 bridgehead atoms. The van der Waals surface area contributed by atoms with Gasteiger partial charge in [-0.1, -0.05) is 23.3 Å². The SMILES string of the molecule is [B][C@H]1C[C@@H](C(=O)NCC(C)=O)N(C)C1.[B][C@H]1C[C@@H](C(=O)NCC(C)=O)N(C)C1.[B][C@H]1C[C@@H](C(=O)NCC(C)=O)N(C)C1.[B][C@H]1C[C@@H](C(=O)NCC(C)=O)N(C)C1. The molecule has 4 amide bonds. The third-order valence-electron chi connectivity index (χ3n) is 9.58. The van der Waals surface area contributed by atoms with E-state index < -0.39 is 0 Å². The topological polar surface area (TPSA) is 198 Å². The zero-order valence-corrected chi connectivity index (χ0v) is 34.5. The predicted octanol–water partition coefficient (Wildman–Crippen LogP) is -2.59. The Balaban J connectivity index is 0.000000373. The van der Waals surface area contributed by atoms with Crippen molar-refractivity contribution >= 4 is 78.1 Å². The number of nitrogens with one attached hydrogen (secondary N) is 4. The van der Waals surface area contributed by atoms with Gasteiger partial charge < -0.3 is 21.3 Å². The Labute approximate surface area is 338 Å².